The average molecular weight is 190 g/mol. The van der Waals surface area contributed by atoms with Crippen LogP contribution in [-0.2, 0) is 11.2 Å². The van der Waals surface area contributed by atoms with E-state index in [9.17, 15) is 4.79 Å². The first-order chi connectivity index (χ1) is 6.68. The Morgan fingerprint density at radius 1 is 1.36 bits per heavy atom. The van der Waals surface area contributed by atoms with E-state index >= 15 is 0 Å². The van der Waals surface area contributed by atoms with Gasteiger partial charge in [-0.2, -0.15) is 0 Å². The number of allylic oxidation sites excluding steroid dienone is 1. The van der Waals surface area contributed by atoms with E-state index in [0.717, 1.165) is 18.4 Å². The van der Waals surface area contributed by atoms with Crippen LogP contribution >= 0.6 is 0 Å². The second-order valence-corrected chi connectivity index (χ2v) is 3.31. The Kier molecular flexibility index (Phi) is 3.92. The predicted octanol–water partition coefficient (Wildman–Crippen LogP) is 2.65. The number of aryl methyl sites for hydroxylation is 1. The summed E-state index contributed by atoms with van der Waals surface area (Å²) >= 11 is 0. The molecule has 2 heteroatoms. The molecule has 0 saturated heterocycles. The summed E-state index contributed by atoms with van der Waals surface area (Å²) in [5, 5.41) is 8.50. The van der Waals surface area contributed by atoms with Crippen molar-refractivity contribution in [3.05, 3.63) is 47.5 Å². The Morgan fingerprint density at radius 3 is 2.57 bits per heavy atom. The highest BCUT2D eigenvalue weighted by molar-refractivity contribution is 5.80. The van der Waals surface area contributed by atoms with Crippen molar-refractivity contribution in [3.63, 3.8) is 0 Å². The zero-order valence-corrected chi connectivity index (χ0v) is 8.23. The summed E-state index contributed by atoms with van der Waals surface area (Å²) in [4.78, 5) is 10.3. The molecular formula is C12H14O2. The lowest BCUT2D eigenvalue weighted by Crippen LogP contribution is -1.92. The molecule has 0 heterocycles. The van der Waals surface area contributed by atoms with E-state index in [1.54, 1.807) is 0 Å². The second-order valence-electron chi connectivity index (χ2n) is 3.31. The van der Waals surface area contributed by atoms with Crippen molar-refractivity contribution < 1.29 is 9.90 Å². The van der Waals surface area contributed by atoms with E-state index in [1.807, 2.05) is 37.3 Å². The van der Waals surface area contributed by atoms with Gasteiger partial charge in [-0.1, -0.05) is 35.9 Å². The molecule has 1 aromatic carbocycles. The molecule has 0 saturated carbocycles. The van der Waals surface area contributed by atoms with Crippen molar-refractivity contribution in [3.8, 4) is 0 Å². The molecule has 0 radical (unpaired) electrons. The number of hydrogen-bond donors (Lipinski definition) is 1. The smallest absolute Gasteiger partial charge is 0.328 e. The SMILES string of the molecule is C/C(=C\C(=O)O)CCc1ccccc1. The van der Waals surface area contributed by atoms with Gasteiger partial charge in [-0.3, -0.25) is 0 Å². The van der Waals surface area contributed by atoms with E-state index in [0.29, 0.717) is 0 Å². The Bertz CT molecular complexity index is 325. The van der Waals surface area contributed by atoms with Crippen LogP contribution in [0.15, 0.2) is 42.0 Å². The van der Waals surface area contributed by atoms with Crippen LogP contribution in [-0.4, -0.2) is 11.1 Å². The van der Waals surface area contributed by atoms with Crippen LogP contribution in [0.25, 0.3) is 0 Å². The van der Waals surface area contributed by atoms with E-state index < -0.39 is 5.97 Å². The first-order valence-electron chi connectivity index (χ1n) is 4.62. The van der Waals surface area contributed by atoms with Crippen molar-refractivity contribution in [1.82, 2.24) is 0 Å². The second kappa shape index (κ2) is 5.22. The number of benzene rings is 1. The van der Waals surface area contributed by atoms with Gasteiger partial charge in [0.2, 0.25) is 0 Å². The third kappa shape index (κ3) is 3.90. The molecule has 1 aromatic rings. The number of rotatable bonds is 4. The summed E-state index contributed by atoms with van der Waals surface area (Å²) in [6.07, 6.45) is 2.97. The number of carboxylic acid groups (broad SMARTS) is 1. The van der Waals surface area contributed by atoms with Crippen molar-refractivity contribution in [1.29, 1.82) is 0 Å². The van der Waals surface area contributed by atoms with Crippen molar-refractivity contribution in [2.75, 3.05) is 0 Å². The summed E-state index contributed by atoms with van der Waals surface area (Å²) in [5.41, 5.74) is 2.15. The predicted molar refractivity (Wildman–Crippen MR) is 56.2 cm³/mol. The van der Waals surface area contributed by atoms with Gasteiger partial charge in [0.05, 0.1) is 0 Å². The molecule has 0 aliphatic heterocycles. The Labute approximate surface area is 83.9 Å². The third-order valence-electron chi connectivity index (χ3n) is 2.02. The van der Waals surface area contributed by atoms with Crippen LogP contribution in [0.4, 0.5) is 0 Å². The van der Waals surface area contributed by atoms with Crippen LogP contribution in [0.1, 0.15) is 18.9 Å². The quantitative estimate of drug-likeness (QED) is 0.741. The van der Waals surface area contributed by atoms with E-state index in [2.05, 4.69) is 0 Å². The molecule has 0 aliphatic rings. The van der Waals surface area contributed by atoms with Crippen LogP contribution < -0.4 is 0 Å². The molecular weight excluding hydrogens is 176 g/mol. The number of hydrogen-bond acceptors (Lipinski definition) is 1. The van der Waals surface area contributed by atoms with Crippen LogP contribution in [0.5, 0.6) is 0 Å². The van der Waals surface area contributed by atoms with Crippen LogP contribution in [0.2, 0.25) is 0 Å². The molecule has 0 aliphatic carbocycles. The lowest BCUT2D eigenvalue weighted by molar-refractivity contribution is -0.131. The van der Waals surface area contributed by atoms with Crippen LogP contribution in [0, 0.1) is 0 Å². The highest BCUT2D eigenvalue weighted by atomic mass is 16.4. The van der Waals surface area contributed by atoms with Gasteiger partial charge < -0.3 is 5.11 Å². The minimum Gasteiger partial charge on any atom is -0.478 e. The third-order valence-corrected chi connectivity index (χ3v) is 2.02. The maximum absolute atomic E-state index is 10.3. The largest absolute Gasteiger partial charge is 0.478 e. The van der Waals surface area contributed by atoms with Gasteiger partial charge in [-0.25, -0.2) is 4.79 Å². The minimum absolute atomic E-state index is 0.802. The van der Waals surface area contributed by atoms with E-state index in [4.69, 9.17) is 5.11 Å². The van der Waals surface area contributed by atoms with Gasteiger partial charge in [0.25, 0.3) is 0 Å². The highest BCUT2D eigenvalue weighted by Crippen LogP contribution is 2.08. The van der Waals surface area contributed by atoms with Gasteiger partial charge in [0.15, 0.2) is 0 Å². The van der Waals surface area contributed by atoms with Crippen LogP contribution in [0.3, 0.4) is 0 Å². The average Bonchev–Trinajstić information content (AvgIpc) is 2.15. The Morgan fingerprint density at radius 2 is 2.00 bits per heavy atom. The fourth-order valence-corrected chi connectivity index (χ4v) is 1.27. The molecule has 14 heavy (non-hydrogen) atoms. The van der Waals surface area contributed by atoms with Crippen molar-refractivity contribution in [2.45, 2.75) is 19.8 Å². The molecule has 0 spiro atoms. The lowest BCUT2D eigenvalue weighted by Gasteiger charge is -2.00. The summed E-state index contributed by atoms with van der Waals surface area (Å²) in [5.74, 6) is -0.865. The minimum atomic E-state index is -0.865. The Hall–Kier alpha value is -1.57. The molecule has 0 atom stereocenters. The molecule has 0 fully saturated rings. The molecule has 1 rings (SSSR count). The normalized spacial score (nSPS) is 11.4. The van der Waals surface area contributed by atoms with Gasteiger partial charge in [-0.05, 0) is 25.3 Å². The fraction of sp³-hybridized carbons (Fsp3) is 0.250. The molecule has 74 valence electrons. The molecule has 0 aromatic heterocycles. The maximum atomic E-state index is 10.3. The molecule has 2 nitrogen and oxygen atoms in total. The van der Waals surface area contributed by atoms with Gasteiger partial charge in [0, 0.05) is 6.08 Å². The number of carboxylic acids is 1. The topological polar surface area (TPSA) is 37.3 Å². The monoisotopic (exact) mass is 190 g/mol. The molecule has 0 bridgehead atoms. The van der Waals surface area contributed by atoms with Gasteiger partial charge >= 0.3 is 5.97 Å². The Balaban J connectivity index is 2.45. The summed E-state index contributed by atoms with van der Waals surface area (Å²) in [6.45, 7) is 1.84. The van der Waals surface area contributed by atoms with Crippen molar-refractivity contribution in [2.24, 2.45) is 0 Å². The zero-order valence-electron chi connectivity index (χ0n) is 8.23. The first kappa shape index (κ1) is 10.5. The lowest BCUT2D eigenvalue weighted by atomic mass is 10.1. The molecule has 0 unspecified atom stereocenters. The zero-order chi connectivity index (χ0) is 10.4. The van der Waals surface area contributed by atoms with Gasteiger partial charge in [0.1, 0.15) is 0 Å². The number of aliphatic carboxylic acids is 1. The summed E-state index contributed by atoms with van der Waals surface area (Å²) in [6, 6.07) is 10.1. The molecule has 1 N–H and O–H groups in total. The number of carbonyl (C=O) groups is 1. The fourth-order valence-electron chi connectivity index (χ4n) is 1.27. The standard InChI is InChI=1S/C12H14O2/c1-10(9-12(13)14)7-8-11-5-3-2-4-6-11/h2-6,9H,7-8H2,1H3,(H,13,14)/b10-9+. The maximum Gasteiger partial charge on any atom is 0.328 e. The van der Waals surface area contributed by atoms with Crippen molar-refractivity contribution >= 4 is 5.97 Å². The first-order valence-corrected chi connectivity index (χ1v) is 4.62. The summed E-state index contributed by atoms with van der Waals surface area (Å²) < 4.78 is 0. The van der Waals surface area contributed by atoms with E-state index in [1.165, 1.54) is 11.6 Å². The molecule has 0 amide bonds. The summed E-state index contributed by atoms with van der Waals surface area (Å²) in [7, 11) is 0. The highest BCUT2D eigenvalue weighted by Gasteiger charge is 1.96. The van der Waals surface area contributed by atoms with E-state index in [-0.39, 0.29) is 0 Å². The van der Waals surface area contributed by atoms with Gasteiger partial charge in [-0.15, -0.1) is 0 Å².